The van der Waals surface area contributed by atoms with Crippen molar-refractivity contribution in [2.24, 2.45) is 5.16 Å². The first-order valence-corrected chi connectivity index (χ1v) is 12.8. The number of thioether (sulfide) groups is 1. The van der Waals surface area contributed by atoms with Gasteiger partial charge in [-0.1, -0.05) is 15.7 Å². The third-order valence-electron chi connectivity index (χ3n) is 4.59. The molecule has 0 spiro atoms. The van der Waals surface area contributed by atoms with Crippen LogP contribution < -0.4 is 15.9 Å². The van der Waals surface area contributed by atoms with E-state index in [4.69, 9.17) is 15.3 Å². The lowest BCUT2D eigenvalue weighted by atomic mass is 10.0. The summed E-state index contributed by atoms with van der Waals surface area (Å²) in [6.45, 7) is 0.565. The average Bonchev–Trinajstić information content (AvgIpc) is 3.52. The van der Waals surface area contributed by atoms with E-state index in [9.17, 15) is 19.2 Å². The Balaban J connectivity index is 1.45. The minimum absolute atomic E-state index is 0.0149. The molecule has 14 nitrogen and oxygen atoms in total. The van der Waals surface area contributed by atoms with Gasteiger partial charge in [0.25, 0.3) is 17.7 Å². The van der Waals surface area contributed by atoms with Gasteiger partial charge in [-0.3, -0.25) is 19.3 Å². The van der Waals surface area contributed by atoms with Crippen molar-refractivity contribution in [1.29, 1.82) is 0 Å². The van der Waals surface area contributed by atoms with E-state index in [1.165, 1.54) is 29.0 Å². The Kier molecular flexibility index (Phi) is 7.91. The molecule has 3 N–H and O–H groups in total. The van der Waals surface area contributed by atoms with Gasteiger partial charge in [0.15, 0.2) is 5.13 Å². The smallest absolute Gasteiger partial charge is 0.358 e. The van der Waals surface area contributed by atoms with Crippen molar-refractivity contribution in [2.45, 2.75) is 18.3 Å². The van der Waals surface area contributed by atoms with Crippen molar-refractivity contribution in [3.8, 4) is 5.88 Å². The molecule has 2 aromatic rings. The number of nitrogens with zero attached hydrogens (tertiary/aromatic N) is 5. The molecule has 17 heteroatoms. The molecule has 2 unspecified atom stereocenters. The lowest BCUT2D eigenvalue weighted by molar-refractivity contribution is -0.166. The van der Waals surface area contributed by atoms with E-state index < -0.39 is 42.0 Å². The fraction of sp³-hybridized carbons (Fsp3) is 0.263. The molecule has 2 aliphatic heterocycles. The first kappa shape index (κ1) is 25.3. The standard InChI is InChI=1S/C19H17N7O7S3/c1-9(27)31-8-32-18(30)15-10(2-3-11-6-36-25-24-11)5-34-17-14(16(29)26(15)17)22-12(28)4-21-33-13-7-35-19(20)23-13/h2-4,6-7,14,17H,5,8H2,1H3,(H2,20,23)(H,22,28)/b3-2-,21-4-. The summed E-state index contributed by atoms with van der Waals surface area (Å²) in [5.74, 6) is -2.23. The minimum Gasteiger partial charge on any atom is -0.428 e. The summed E-state index contributed by atoms with van der Waals surface area (Å²) in [5, 5.41) is 12.9. The number of thiazole rings is 1. The normalized spacial score (nSPS) is 19.2. The monoisotopic (exact) mass is 551 g/mol. The van der Waals surface area contributed by atoms with Gasteiger partial charge in [-0.2, -0.15) is 4.98 Å². The molecule has 4 rings (SSSR count). The first-order chi connectivity index (χ1) is 17.3. The Morgan fingerprint density at radius 3 is 2.83 bits per heavy atom. The van der Waals surface area contributed by atoms with Crippen molar-refractivity contribution in [3.63, 3.8) is 0 Å². The number of rotatable bonds is 9. The van der Waals surface area contributed by atoms with Crippen LogP contribution in [0, 0.1) is 0 Å². The molecular formula is C19H17N7O7S3. The zero-order chi connectivity index (χ0) is 25.7. The van der Waals surface area contributed by atoms with Crippen LogP contribution in [0.25, 0.3) is 6.08 Å². The van der Waals surface area contributed by atoms with Gasteiger partial charge < -0.3 is 25.4 Å². The maximum absolute atomic E-state index is 12.9. The quantitative estimate of drug-likeness (QED) is 0.143. The van der Waals surface area contributed by atoms with Crippen LogP contribution >= 0.6 is 34.6 Å². The lowest BCUT2D eigenvalue weighted by Gasteiger charge is -2.49. The molecule has 2 amide bonds. The van der Waals surface area contributed by atoms with Crippen molar-refractivity contribution in [1.82, 2.24) is 24.8 Å². The molecule has 2 atom stereocenters. The van der Waals surface area contributed by atoms with Crippen LogP contribution in [-0.4, -0.2) is 73.4 Å². The van der Waals surface area contributed by atoms with Gasteiger partial charge in [0.1, 0.15) is 23.3 Å². The number of nitrogens with one attached hydrogen (secondary N) is 1. The summed E-state index contributed by atoms with van der Waals surface area (Å²) in [6, 6.07) is -0.909. The summed E-state index contributed by atoms with van der Waals surface area (Å²) in [6.07, 6.45) is 4.14. The minimum atomic E-state index is -0.909. The fourth-order valence-electron chi connectivity index (χ4n) is 3.06. The fourth-order valence-corrected chi connectivity index (χ4v) is 5.26. The highest BCUT2D eigenvalue weighted by Gasteiger charge is 2.54. The van der Waals surface area contributed by atoms with Gasteiger partial charge in [-0.15, -0.1) is 28.2 Å². The summed E-state index contributed by atoms with van der Waals surface area (Å²) >= 11 is 3.65. The molecule has 1 saturated heterocycles. The maximum atomic E-state index is 12.9. The highest BCUT2D eigenvalue weighted by atomic mass is 32.2. The van der Waals surface area contributed by atoms with Gasteiger partial charge >= 0.3 is 11.9 Å². The molecule has 0 aromatic carbocycles. The van der Waals surface area contributed by atoms with Gasteiger partial charge in [0, 0.05) is 18.1 Å². The number of anilines is 1. The number of nitrogens with two attached hydrogens (primary N) is 1. The third-order valence-corrected chi connectivity index (χ3v) is 7.07. The molecule has 2 aromatic heterocycles. The van der Waals surface area contributed by atoms with Crippen LogP contribution in [0.15, 0.2) is 33.3 Å². The topological polar surface area (TPSA) is 188 Å². The molecule has 0 aliphatic carbocycles. The van der Waals surface area contributed by atoms with Crippen LogP contribution in [0.4, 0.5) is 5.13 Å². The molecule has 4 heterocycles. The Labute approximate surface area is 215 Å². The van der Waals surface area contributed by atoms with Crippen LogP contribution in [0.2, 0.25) is 0 Å². The van der Waals surface area contributed by atoms with Gasteiger partial charge in [0.05, 0.1) is 11.1 Å². The van der Waals surface area contributed by atoms with Gasteiger partial charge in [-0.25, -0.2) is 4.79 Å². The number of oxime groups is 1. The predicted octanol–water partition coefficient (Wildman–Crippen LogP) is 0.373. The zero-order valence-corrected chi connectivity index (χ0v) is 20.8. The summed E-state index contributed by atoms with van der Waals surface area (Å²) in [7, 11) is 0. The lowest BCUT2D eigenvalue weighted by Crippen LogP contribution is -2.70. The molecule has 36 heavy (non-hydrogen) atoms. The molecule has 188 valence electrons. The van der Waals surface area contributed by atoms with E-state index in [1.807, 2.05) is 0 Å². The molecule has 0 bridgehead atoms. The molecular weight excluding hydrogens is 534 g/mol. The number of nitrogen functional groups attached to an aromatic ring is 1. The number of hydrogen-bond donors (Lipinski definition) is 2. The maximum Gasteiger partial charge on any atom is 0.358 e. The molecule has 1 fully saturated rings. The largest absolute Gasteiger partial charge is 0.428 e. The van der Waals surface area contributed by atoms with Crippen LogP contribution in [0.5, 0.6) is 5.88 Å². The number of carbonyl (C=O) groups is 4. The van der Waals surface area contributed by atoms with E-state index in [1.54, 1.807) is 17.5 Å². The number of aromatic nitrogens is 3. The molecule has 0 radical (unpaired) electrons. The van der Waals surface area contributed by atoms with Crippen molar-refractivity contribution < 1.29 is 33.5 Å². The second kappa shape index (κ2) is 11.3. The second-order valence-corrected chi connectivity index (χ2v) is 9.57. The SMILES string of the molecule is CC(=O)OCOC(=O)C1=C(/C=C\c2csnn2)CSC2C(NC(=O)/C=N\Oc3csc(N)n3)C(=O)N12. The van der Waals surface area contributed by atoms with Crippen molar-refractivity contribution >= 4 is 75.8 Å². The number of hydrogen-bond acceptors (Lipinski definition) is 15. The number of fused-ring (bicyclic) bond motifs is 1. The number of carbonyl (C=O) groups excluding carboxylic acids is 4. The number of allylic oxidation sites excluding steroid dienone is 1. The number of β-lactam (4-membered cyclic amide) rings is 1. The zero-order valence-electron chi connectivity index (χ0n) is 18.4. The van der Waals surface area contributed by atoms with Gasteiger partial charge in [0.2, 0.25) is 6.79 Å². The van der Waals surface area contributed by atoms with Crippen LogP contribution in [-0.2, 0) is 28.7 Å². The van der Waals surface area contributed by atoms with E-state index in [2.05, 4.69) is 29.8 Å². The van der Waals surface area contributed by atoms with Crippen molar-refractivity contribution in [3.05, 3.63) is 33.8 Å². The predicted molar refractivity (Wildman–Crippen MR) is 129 cm³/mol. The number of amides is 2. The van der Waals surface area contributed by atoms with Gasteiger partial charge in [-0.05, 0) is 23.2 Å². The first-order valence-electron chi connectivity index (χ1n) is 9.99. The summed E-state index contributed by atoms with van der Waals surface area (Å²) in [4.78, 5) is 59.0. The van der Waals surface area contributed by atoms with Crippen molar-refractivity contribution in [2.75, 3.05) is 18.3 Å². The number of ether oxygens (including phenoxy) is 2. The Hall–Kier alpha value is -3.83. The average molecular weight is 552 g/mol. The Morgan fingerprint density at radius 2 is 2.14 bits per heavy atom. The highest BCUT2D eigenvalue weighted by molar-refractivity contribution is 8.00. The van der Waals surface area contributed by atoms with E-state index in [0.717, 1.165) is 29.1 Å². The summed E-state index contributed by atoms with van der Waals surface area (Å²) < 4.78 is 13.5. The van der Waals surface area contributed by atoms with Crippen LogP contribution in [0.3, 0.4) is 0 Å². The van der Waals surface area contributed by atoms with Crippen LogP contribution in [0.1, 0.15) is 12.6 Å². The molecule has 0 saturated carbocycles. The Morgan fingerprint density at radius 1 is 1.31 bits per heavy atom. The van der Waals surface area contributed by atoms with E-state index >= 15 is 0 Å². The third kappa shape index (κ3) is 5.86. The number of esters is 2. The Bertz CT molecular complexity index is 1260. The summed E-state index contributed by atoms with van der Waals surface area (Å²) in [5.41, 5.74) is 6.55. The second-order valence-electron chi connectivity index (χ2n) is 6.97. The van der Waals surface area contributed by atoms with E-state index in [-0.39, 0.29) is 16.7 Å². The molecule has 2 aliphatic rings. The highest BCUT2D eigenvalue weighted by Crippen LogP contribution is 2.41. The van der Waals surface area contributed by atoms with E-state index in [0.29, 0.717) is 17.0 Å².